The van der Waals surface area contributed by atoms with Crippen molar-refractivity contribution in [2.45, 2.75) is 39.4 Å². The van der Waals surface area contributed by atoms with Crippen molar-refractivity contribution >= 4 is 14.3 Å². The summed E-state index contributed by atoms with van der Waals surface area (Å²) in [6.07, 6.45) is -0.268. The number of nitrogens with zero attached hydrogens (tertiary/aromatic N) is 1. The van der Waals surface area contributed by atoms with Gasteiger partial charge in [0.2, 0.25) is 0 Å². The first-order valence-corrected chi connectivity index (χ1v) is 9.72. The highest BCUT2D eigenvalue weighted by Gasteiger charge is 2.26. The summed E-state index contributed by atoms with van der Waals surface area (Å²) < 4.78 is 7.15. The fourth-order valence-corrected chi connectivity index (χ4v) is 1.97. The Morgan fingerprint density at radius 1 is 1.28 bits per heavy atom. The number of rotatable bonds is 3. The second-order valence-electron chi connectivity index (χ2n) is 5.82. The fourth-order valence-electron chi connectivity index (χ4n) is 1.38. The predicted octanol–water partition coefficient (Wildman–Crippen LogP) is 4.08. The zero-order chi connectivity index (χ0) is 13.9. The Hall–Kier alpha value is -1.29. The Bertz CT molecular complexity index is 424. The number of carbonyl (C=O) groups excluding carboxylic acids is 1. The molecule has 0 spiro atoms. The molecule has 0 aromatic heterocycles. The van der Waals surface area contributed by atoms with Crippen molar-refractivity contribution in [3.63, 3.8) is 0 Å². The zero-order valence-corrected chi connectivity index (χ0v) is 13.2. The SMILES string of the molecule is CC(C)c1cccc(OC(=O)N(C)[Si](C)(C)C)c1. The third kappa shape index (κ3) is 3.87. The molecule has 0 atom stereocenters. The maximum Gasteiger partial charge on any atom is 0.406 e. The Morgan fingerprint density at radius 2 is 1.89 bits per heavy atom. The van der Waals surface area contributed by atoms with Crippen LogP contribution < -0.4 is 4.74 Å². The van der Waals surface area contributed by atoms with Gasteiger partial charge in [-0.2, -0.15) is 0 Å². The van der Waals surface area contributed by atoms with Gasteiger partial charge in [-0.1, -0.05) is 45.6 Å². The first kappa shape index (κ1) is 14.8. The topological polar surface area (TPSA) is 29.5 Å². The van der Waals surface area contributed by atoms with Gasteiger partial charge in [0.05, 0.1) is 0 Å². The highest BCUT2D eigenvalue weighted by atomic mass is 28.3. The van der Waals surface area contributed by atoms with E-state index in [1.807, 2.05) is 24.3 Å². The molecular formula is C14H23NO2Si. The molecule has 0 unspecified atom stereocenters. The molecule has 0 N–H and O–H groups in total. The number of hydrogen-bond acceptors (Lipinski definition) is 2. The Balaban J connectivity index is 2.79. The van der Waals surface area contributed by atoms with E-state index in [0.29, 0.717) is 11.7 Å². The number of benzene rings is 1. The number of carbonyl (C=O) groups is 1. The minimum atomic E-state index is -1.65. The van der Waals surface area contributed by atoms with Crippen LogP contribution in [0.2, 0.25) is 19.6 Å². The number of ether oxygens (including phenoxy) is 1. The van der Waals surface area contributed by atoms with Crippen LogP contribution in [0.4, 0.5) is 4.79 Å². The summed E-state index contributed by atoms with van der Waals surface area (Å²) >= 11 is 0. The van der Waals surface area contributed by atoms with Crippen LogP contribution in [0.15, 0.2) is 24.3 Å². The van der Waals surface area contributed by atoms with E-state index in [4.69, 9.17) is 4.74 Å². The van der Waals surface area contributed by atoms with Crippen LogP contribution in [-0.2, 0) is 0 Å². The number of hydrogen-bond donors (Lipinski definition) is 0. The largest absolute Gasteiger partial charge is 0.411 e. The van der Waals surface area contributed by atoms with Gasteiger partial charge in [-0.3, -0.25) is 0 Å². The molecule has 0 aliphatic rings. The highest BCUT2D eigenvalue weighted by Crippen LogP contribution is 2.21. The first-order valence-electron chi connectivity index (χ1n) is 6.27. The van der Waals surface area contributed by atoms with Gasteiger partial charge in [-0.05, 0) is 23.6 Å². The minimum absolute atomic E-state index is 0.268. The van der Waals surface area contributed by atoms with Gasteiger partial charge in [-0.15, -0.1) is 0 Å². The Labute approximate surface area is 111 Å². The van der Waals surface area contributed by atoms with Crippen molar-refractivity contribution in [2.75, 3.05) is 7.05 Å². The molecule has 0 aliphatic carbocycles. The van der Waals surface area contributed by atoms with Crippen molar-refractivity contribution in [3.05, 3.63) is 29.8 Å². The van der Waals surface area contributed by atoms with E-state index in [1.54, 1.807) is 11.6 Å². The van der Waals surface area contributed by atoms with E-state index in [2.05, 4.69) is 33.5 Å². The van der Waals surface area contributed by atoms with Crippen LogP contribution in [0.5, 0.6) is 5.75 Å². The molecule has 0 aliphatic heterocycles. The quantitative estimate of drug-likeness (QED) is 0.771. The van der Waals surface area contributed by atoms with E-state index in [-0.39, 0.29) is 6.09 Å². The van der Waals surface area contributed by atoms with Crippen molar-refractivity contribution in [1.29, 1.82) is 0 Å². The van der Waals surface area contributed by atoms with E-state index in [0.717, 1.165) is 0 Å². The zero-order valence-electron chi connectivity index (χ0n) is 12.2. The minimum Gasteiger partial charge on any atom is -0.411 e. The van der Waals surface area contributed by atoms with Gasteiger partial charge in [-0.25, -0.2) is 4.79 Å². The second kappa shape index (κ2) is 5.57. The van der Waals surface area contributed by atoms with Gasteiger partial charge in [0.15, 0.2) is 8.24 Å². The van der Waals surface area contributed by atoms with Crippen molar-refractivity contribution in [1.82, 2.24) is 4.57 Å². The summed E-state index contributed by atoms with van der Waals surface area (Å²) in [5, 5.41) is 0. The third-order valence-corrected chi connectivity index (χ3v) is 5.21. The lowest BCUT2D eigenvalue weighted by Crippen LogP contribution is -2.48. The fraction of sp³-hybridized carbons (Fsp3) is 0.500. The third-order valence-electron chi connectivity index (χ3n) is 3.01. The number of amides is 1. The molecule has 0 saturated heterocycles. The molecule has 1 aromatic rings. The molecule has 0 radical (unpaired) electrons. The van der Waals surface area contributed by atoms with Crippen LogP contribution >= 0.6 is 0 Å². The molecule has 0 saturated carbocycles. The first-order chi connectivity index (χ1) is 8.21. The average Bonchev–Trinajstić information content (AvgIpc) is 2.27. The lowest BCUT2D eigenvalue weighted by atomic mass is 10.0. The lowest BCUT2D eigenvalue weighted by Gasteiger charge is -2.29. The average molecular weight is 265 g/mol. The van der Waals surface area contributed by atoms with Gasteiger partial charge >= 0.3 is 6.09 Å². The molecule has 1 amide bonds. The summed E-state index contributed by atoms with van der Waals surface area (Å²) in [4.78, 5) is 12.0. The smallest absolute Gasteiger partial charge is 0.406 e. The van der Waals surface area contributed by atoms with Crippen molar-refractivity contribution in [3.8, 4) is 5.75 Å². The summed E-state index contributed by atoms with van der Waals surface area (Å²) in [6.45, 7) is 10.6. The second-order valence-corrected chi connectivity index (χ2v) is 10.8. The van der Waals surface area contributed by atoms with Crippen LogP contribution in [0.1, 0.15) is 25.3 Å². The van der Waals surface area contributed by atoms with Gasteiger partial charge < -0.3 is 9.30 Å². The highest BCUT2D eigenvalue weighted by molar-refractivity contribution is 6.75. The standard InChI is InChI=1S/C14H23NO2Si/c1-11(2)12-8-7-9-13(10-12)17-14(16)15(3)18(4,5)6/h7-11H,1-6H3. The van der Waals surface area contributed by atoms with E-state index in [1.165, 1.54) is 5.56 Å². The van der Waals surface area contributed by atoms with Gasteiger partial charge in [0.25, 0.3) is 0 Å². The normalized spacial score (nSPS) is 11.5. The Kier molecular flexibility index (Phi) is 4.57. The van der Waals surface area contributed by atoms with E-state index < -0.39 is 8.24 Å². The van der Waals surface area contributed by atoms with Crippen molar-refractivity contribution < 1.29 is 9.53 Å². The monoisotopic (exact) mass is 265 g/mol. The molecule has 18 heavy (non-hydrogen) atoms. The summed E-state index contributed by atoms with van der Waals surface area (Å²) in [5.74, 6) is 1.05. The summed E-state index contributed by atoms with van der Waals surface area (Å²) in [5.41, 5.74) is 1.18. The lowest BCUT2D eigenvalue weighted by molar-refractivity contribution is 0.183. The molecule has 0 bridgehead atoms. The van der Waals surface area contributed by atoms with Crippen LogP contribution in [0.25, 0.3) is 0 Å². The summed E-state index contributed by atoms with van der Waals surface area (Å²) in [7, 11) is 0.152. The van der Waals surface area contributed by atoms with Gasteiger partial charge in [0, 0.05) is 7.05 Å². The maximum atomic E-state index is 12.0. The van der Waals surface area contributed by atoms with Crippen LogP contribution in [0, 0.1) is 0 Å². The molecule has 4 heteroatoms. The summed E-state index contributed by atoms with van der Waals surface area (Å²) in [6, 6.07) is 7.72. The maximum absolute atomic E-state index is 12.0. The molecule has 3 nitrogen and oxygen atoms in total. The van der Waals surface area contributed by atoms with Crippen molar-refractivity contribution in [2.24, 2.45) is 0 Å². The van der Waals surface area contributed by atoms with Crippen LogP contribution in [-0.4, -0.2) is 25.9 Å². The molecule has 1 aromatic carbocycles. The van der Waals surface area contributed by atoms with E-state index in [9.17, 15) is 4.79 Å². The molecule has 0 heterocycles. The van der Waals surface area contributed by atoms with E-state index >= 15 is 0 Å². The molecule has 100 valence electrons. The predicted molar refractivity (Wildman–Crippen MR) is 77.7 cm³/mol. The van der Waals surface area contributed by atoms with Gasteiger partial charge in [0.1, 0.15) is 5.75 Å². The Morgan fingerprint density at radius 3 is 2.39 bits per heavy atom. The molecular weight excluding hydrogens is 242 g/mol. The molecule has 0 fully saturated rings. The molecule has 1 rings (SSSR count). The van der Waals surface area contributed by atoms with Crippen LogP contribution in [0.3, 0.4) is 0 Å².